The van der Waals surface area contributed by atoms with E-state index in [0.29, 0.717) is 11.6 Å². The van der Waals surface area contributed by atoms with Gasteiger partial charge in [0.25, 0.3) is 5.91 Å². The molecule has 0 spiro atoms. The molecule has 4 nitrogen and oxygen atoms in total. The minimum absolute atomic E-state index is 0.163. The van der Waals surface area contributed by atoms with Gasteiger partial charge in [0.15, 0.2) is 5.54 Å². The van der Waals surface area contributed by atoms with Crippen LogP contribution in [0, 0.1) is 0 Å². The van der Waals surface area contributed by atoms with E-state index in [1.54, 1.807) is 18.4 Å². The van der Waals surface area contributed by atoms with Crippen LogP contribution in [0.15, 0.2) is 94.5 Å². The van der Waals surface area contributed by atoms with E-state index in [1.807, 2.05) is 72.8 Å². The summed E-state index contributed by atoms with van der Waals surface area (Å²) in [5, 5.41) is 2.89. The summed E-state index contributed by atoms with van der Waals surface area (Å²) in [4.78, 5) is 17.8. The lowest BCUT2D eigenvalue weighted by atomic mass is 9.83. The third-order valence-electron chi connectivity index (χ3n) is 4.19. The van der Waals surface area contributed by atoms with Gasteiger partial charge in [-0.15, -0.1) is 0 Å². The molecule has 2 heterocycles. The smallest absolute Gasteiger partial charge is 0.262 e. The number of rotatable bonds is 4. The Bertz CT molecular complexity index is 887. The molecule has 0 saturated carbocycles. The van der Waals surface area contributed by atoms with Crippen LogP contribution in [0.2, 0.25) is 0 Å². The number of amidine groups is 1. The van der Waals surface area contributed by atoms with Crippen molar-refractivity contribution in [1.82, 2.24) is 5.32 Å². The number of furan rings is 1. The van der Waals surface area contributed by atoms with Gasteiger partial charge in [0, 0.05) is 0 Å². The lowest BCUT2D eigenvalue weighted by Crippen LogP contribution is -2.38. The van der Waals surface area contributed by atoms with Gasteiger partial charge in [-0.3, -0.25) is 4.79 Å². The maximum atomic E-state index is 13.0. The molecular formula is C21H16N2O2. The SMILES string of the molecule is O=C1NC(C=Cc2ccco2)=NC1(c1ccccc1)c1ccccc1. The molecular weight excluding hydrogens is 312 g/mol. The van der Waals surface area contributed by atoms with E-state index in [4.69, 9.17) is 9.41 Å². The van der Waals surface area contributed by atoms with E-state index in [0.717, 1.165) is 11.1 Å². The Morgan fingerprint density at radius 2 is 1.48 bits per heavy atom. The van der Waals surface area contributed by atoms with E-state index < -0.39 is 5.54 Å². The van der Waals surface area contributed by atoms with Crippen molar-refractivity contribution in [3.63, 3.8) is 0 Å². The highest BCUT2D eigenvalue weighted by Crippen LogP contribution is 2.37. The van der Waals surface area contributed by atoms with Crippen molar-refractivity contribution >= 4 is 17.8 Å². The van der Waals surface area contributed by atoms with Crippen LogP contribution < -0.4 is 5.32 Å². The molecule has 3 aromatic rings. The molecule has 0 fully saturated rings. The third-order valence-corrected chi connectivity index (χ3v) is 4.19. The number of carbonyl (C=O) groups excluding carboxylic acids is 1. The number of nitrogens with one attached hydrogen (secondary N) is 1. The molecule has 1 N–H and O–H groups in total. The molecule has 122 valence electrons. The quantitative estimate of drug-likeness (QED) is 0.793. The van der Waals surface area contributed by atoms with E-state index in [9.17, 15) is 4.79 Å². The Morgan fingerprint density at radius 3 is 2.04 bits per heavy atom. The lowest BCUT2D eigenvalue weighted by Gasteiger charge is -2.24. The lowest BCUT2D eigenvalue weighted by molar-refractivity contribution is -0.122. The highest BCUT2D eigenvalue weighted by Gasteiger charge is 2.46. The fourth-order valence-corrected chi connectivity index (χ4v) is 3.01. The molecule has 0 radical (unpaired) electrons. The van der Waals surface area contributed by atoms with E-state index >= 15 is 0 Å². The predicted molar refractivity (Wildman–Crippen MR) is 97.0 cm³/mol. The fraction of sp³-hybridized carbons (Fsp3) is 0.0476. The van der Waals surface area contributed by atoms with Crippen molar-refractivity contribution in [1.29, 1.82) is 0 Å². The third kappa shape index (κ3) is 2.68. The first-order valence-electron chi connectivity index (χ1n) is 8.03. The van der Waals surface area contributed by atoms with Crippen molar-refractivity contribution < 1.29 is 9.21 Å². The van der Waals surface area contributed by atoms with Gasteiger partial charge < -0.3 is 9.73 Å². The van der Waals surface area contributed by atoms with Gasteiger partial charge >= 0.3 is 0 Å². The Morgan fingerprint density at radius 1 is 0.840 bits per heavy atom. The number of benzene rings is 2. The van der Waals surface area contributed by atoms with Crippen LogP contribution in [-0.2, 0) is 10.3 Å². The first-order chi connectivity index (χ1) is 12.3. The van der Waals surface area contributed by atoms with Gasteiger partial charge in [-0.1, -0.05) is 60.7 Å². The summed E-state index contributed by atoms with van der Waals surface area (Å²) in [5.74, 6) is 1.05. The van der Waals surface area contributed by atoms with Crippen LogP contribution in [0.25, 0.3) is 6.08 Å². The summed E-state index contributed by atoms with van der Waals surface area (Å²) in [6, 6.07) is 22.9. The predicted octanol–water partition coefficient (Wildman–Crippen LogP) is 3.76. The molecule has 1 aromatic heterocycles. The maximum Gasteiger partial charge on any atom is 0.262 e. The zero-order valence-electron chi connectivity index (χ0n) is 13.4. The molecule has 4 heteroatoms. The molecule has 2 aromatic carbocycles. The molecule has 1 aliphatic heterocycles. The first kappa shape index (κ1) is 15.1. The van der Waals surface area contributed by atoms with Gasteiger partial charge in [-0.25, -0.2) is 4.99 Å². The topological polar surface area (TPSA) is 54.6 Å². The molecule has 25 heavy (non-hydrogen) atoms. The normalized spacial score (nSPS) is 16.0. The molecule has 0 bridgehead atoms. The number of hydrogen-bond donors (Lipinski definition) is 1. The van der Waals surface area contributed by atoms with Gasteiger partial charge in [-0.05, 0) is 35.4 Å². The average Bonchev–Trinajstić information content (AvgIpc) is 3.30. The summed E-state index contributed by atoms with van der Waals surface area (Å²) < 4.78 is 5.29. The Labute approximate surface area is 145 Å². The van der Waals surface area contributed by atoms with E-state index in [2.05, 4.69) is 5.32 Å². The van der Waals surface area contributed by atoms with E-state index in [-0.39, 0.29) is 5.91 Å². The number of aliphatic imine (C=N–C) groups is 1. The Kier molecular flexibility index (Phi) is 3.78. The van der Waals surface area contributed by atoms with Crippen LogP contribution in [-0.4, -0.2) is 11.7 Å². The largest absolute Gasteiger partial charge is 0.465 e. The number of hydrogen-bond acceptors (Lipinski definition) is 3. The van der Waals surface area contributed by atoms with Gasteiger partial charge in [0.2, 0.25) is 0 Å². The molecule has 0 aliphatic carbocycles. The van der Waals surface area contributed by atoms with Gasteiger partial charge in [0.1, 0.15) is 11.6 Å². The van der Waals surface area contributed by atoms with E-state index in [1.165, 1.54) is 0 Å². The Hall–Kier alpha value is -3.40. The van der Waals surface area contributed by atoms with Gasteiger partial charge in [0.05, 0.1) is 6.26 Å². The second-order valence-corrected chi connectivity index (χ2v) is 5.74. The molecule has 0 unspecified atom stereocenters. The summed E-state index contributed by atoms with van der Waals surface area (Å²) in [6.07, 6.45) is 5.14. The second kappa shape index (κ2) is 6.24. The van der Waals surface area contributed by atoms with Crippen molar-refractivity contribution in [2.45, 2.75) is 5.54 Å². The minimum Gasteiger partial charge on any atom is -0.465 e. The molecule has 1 aliphatic rings. The van der Waals surface area contributed by atoms with Crippen molar-refractivity contribution in [3.05, 3.63) is 102 Å². The van der Waals surface area contributed by atoms with Crippen LogP contribution in [0.4, 0.5) is 0 Å². The molecule has 0 atom stereocenters. The van der Waals surface area contributed by atoms with Crippen LogP contribution in [0.5, 0.6) is 0 Å². The molecule has 1 amide bonds. The van der Waals surface area contributed by atoms with Crippen LogP contribution in [0.3, 0.4) is 0 Å². The number of nitrogens with zero attached hydrogens (tertiary/aromatic N) is 1. The summed E-state index contributed by atoms with van der Waals surface area (Å²) >= 11 is 0. The standard InChI is InChI=1S/C21H16N2O2/c24-20-21(16-8-3-1-4-9-16,17-10-5-2-6-11-17)23-19(22-20)14-13-18-12-7-15-25-18/h1-15H,(H,22,23,24). The zero-order valence-corrected chi connectivity index (χ0v) is 13.4. The zero-order chi connectivity index (χ0) is 17.1. The van der Waals surface area contributed by atoms with Crippen molar-refractivity contribution in [3.8, 4) is 0 Å². The highest BCUT2D eigenvalue weighted by atomic mass is 16.3. The number of carbonyl (C=O) groups is 1. The first-order valence-corrected chi connectivity index (χ1v) is 8.03. The van der Waals surface area contributed by atoms with Crippen molar-refractivity contribution in [2.24, 2.45) is 4.99 Å². The van der Waals surface area contributed by atoms with Crippen LogP contribution in [0.1, 0.15) is 16.9 Å². The second-order valence-electron chi connectivity index (χ2n) is 5.74. The van der Waals surface area contributed by atoms with Gasteiger partial charge in [-0.2, -0.15) is 0 Å². The summed E-state index contributed by atoms with van der Waals surface area (Å²) in [6.45, 7) is 0. The van der Waals surface area contributed by atoms with Crippen molar-refractivity contribution in [2.75, 3.05) is 0 Å². The number of amides is 1. The summed E-state index contributed by atoms with van der Waals surface area (Å²) in [7, 11) is 0. The monoisotopic (exact) mass is 328 g/mol. The Balaban J connectivity index is 1.82. The maximum absolute atomic E-state index is 13.0. The van der Waals surface area contributed by atoms with Crippen LogP contribution >= 0.6 is 0 Å². The fourth-order valence-electron chi connectivity index (χ4n) is 3.01. The molecule has 4 rings (SSSR count). The summed E-state index contributed by atoms with van der Waals surface area (Å²) in [5.41, 5.74) is 0.589. The highest BCUT2D eigenvalue weighted by molar-refractivity contribution is 6.15. The average molecular weight is 328 g/mol. The molecule has 0 saturated heterocycles. The minimum atomic E-state index is -1.08.